The number of benzene rings is 2. The van der Waals surface area contributed by atoms with Crippen LogP contribution in [0.5, 0.6) is 0 Å². The van der Waals surface area contributed by atoms with E-state index >= 15 is 0 Å². The van der Waals surface area contributed by atoms with Crippen LogP contribution in [0.3, 0.4) is 0 Å². The smallest absolute Gasteiger partial charge is 0.236 e. The maximum absolute atomic E-state index is 12.6. The van der Waals surface area contributed by atoms with E-state index in [1.165, 1.54) is 0 Å². The number of fused-ring (bicyclic) bond motifs is 2. The van der Waals surface area contributed by atoms with Crippen molar-refractivity contribution in [3.05, 3.63) is 78.6 Å². The first-order chi connectivity index (χ1) is 12.1. The van der Waals surface area contributed by atoms with Crippen molar-refractivity contribution in [2.45, 2.75) is 5.75 Å². The maximum atomic E-state index is 12.6. The highest BCUT2D eigenvalue weighted by atomic mass is 32.2. The maximum Gasteiger partial charge on any atom is 0.236 e. The summed E-state index contributed by atoms with van der Waals surface area (Å²) in [6.07, 6.45) is 3.38. The largest absolute Gasteiger partial charge is 0.283 e. The standard InChI is InChI=1S/C19H15N3O2S/c23-25(24,13-16-5-1-4-14-6-2-11-21-19(14)16)22-17-8-9-18-15(12-17)7-3-10-20-18/h1-12,22H,13H2. The fraction of sp³-hybridized carbons (Fsp3) is 0.0526. The van der Waals surface area contributed by atoms with Crippen molar-refractivity contribution < 1.29 is 8.42 Å². The van der Waals surface area contributed by atoms with Crippen LogP contribution in [0.2, 0.25) is 0 Å². The van der Waals surface area contributed by atoms with E-state index in [1.54, 1.807) is 36.7 Å². The van der Waals surface area contributed by atoms with Crippen LogP contribution in [0.25, 0.3) is 21.8 Å². The minimum Gasteiger partial charge on any atom is -0.283 e. The molecule has 25 heavy (non-hydrogen) atoms. The Bertz CT molecular complexity index is 1170. The quantitative estimate of drug-likeness (QED) is 0.609. The van der Waals surface area contributed by atoms with E-state index in [2.05, 4.69) is 14.7 Å². The molecule has 0 bridgehead atoms. The Morgan fingerprint density at radius 3 is 2.48 bits per heavy atom. The highest BCUT2D eigenvalue weighted by Gasteiger charge is 2.14. The number of para-hydroxylation sites is 1. The van der Waals surface area contributed by atoms with Gasteiger partial charge in [-0.2, -0.15) is 0 Å². The molecular weight excluding hydrogens is 334 g/mol. The van der Waals surface area contributed by atoms with Crippen LogP contribution in [-0.2, 0) is 15.8 Å². The van der Waals surface area contributed by atoms with Gasteiger partial charge in [-0.1, -0.05) is 30.3 Å². The van der Waals surface area contributed by atoms with Crippen molar-refractivity contribution in [3.63, 3.8) is 0 Å². The third kappa shape index (κ3) is 3.29. The molecule has 0 aliphatic rings. The van der Waals surface area contributed by atoms with Gasteiger partial charge in [-0.05, 0) is 35.9 Å². The van der Waals surface area contributed by atoms with Crippen LogP contribution in [0.1, 0.15) is 5.56 Å². The summed E-state index contributed by atoms with van der Waals surface area (Å²) >= 11 is 0. The molecule has 2 aromatic heterocycles. The molecule has 0 aliphatic heterocycles. The third-order valence-corrected chi connectivity index (χ3v) is 5.18. The van der Waals surface area contributed by atoms with Gasteiger partial charge in [-0.15, -0.1) is 0 Å². The van der Waals surface area contributed by atoms with Crippen molar-refractivity contribution in [2.75, 3.05) is 4.72 Å². The van der Waals surface area contributed by atoms with E-state index < -0.39 is 10.0 Å². The molecule has 124 valence electrons. The summed E-state index contributed by atoms with van der Waals surface area (Å²) in [5.41, 5.74) is 2.73. The summed E-state index contributed by atoms with van der Waals surface area (Å²) in [4.78, 5) is 8.55. The first-order valence-corrected chi connectivity index (χ1v) is 9.44. The van der Waals surface area contributed by atoms with Crippen LogP contribution in [-0.4, -0.2) is 18.4 Å². The Balaban J connectivity index is 1.64. The summed E-state index contributed by atoms with van der Waals surface area (Å²) in [5.74, 6) is -0.133. The van der Waals surface area contributed by atoms with Gasteiger partial charge in [0.2, 0.25) is 10.0 Å². The van der Waals surface area contributed by atoms with Crippen LogP contribution >= 0.6 is 0 Å². The predicted molar refractivity (Wildman–Crippen MR) is 99.7 cm³/mol. The second-order valence-electron chi connectivity index (χ2n) is 5.76. The number of pyridine rings is 2. The van der Waals surface area contributed by atoms with Gasteiger partial charge in [0, 0.05) is 28.9 Å². The van der Waals surface area contributed by atoms with Gasteiger partial charge in [-0.3, -0.25) is 14.7 Å². The normalized spacial score (nSPS) is 11.7. The lowest BCUT2D eigenvalue weighted by Crippen LogP contribution is -2.15. The average molecular weight is 349 g/mol. The SMILES string of the molecule is O=S(=O)(Cc1cccc2cccnc12)Nc1ccc2ncccc2c1. The molecule has 4 rings (SSSR count). The number of anilines is 1. The van der Waals surface area contributed by atoms with E-state index in [9.17, 15) is 8.42 Å². The summed E-state index contributed by atoms with van der Waals surface area (Å²) in [7, 11) is -3.56. The van der Waals surface area contributed by atoms with Gasteiger partial charge in [0.05, 0.1) is 16.8 Å². The minimum atomic E-state index is -3.56. The van der Waals surface area contributed by atoms with Crippen LogP contribution in [0.4, 0.5) is 5.69 Å². The number of nitrogens with zero attached hydrogens (tertiary/aromatic N) is 2. The summed E-state index contributed by atoms with van der Waals surface area (Å²) < 4.78 is 27.8. The van der Waals surface area contributed by atoms with Gasteiger partial charge in [0.1, 0.15) is 0 Å². The topological polar surface area (TPSA) is 72.0 Å². The summed E-state index contributed by atoms with van der Waals surface area (Å²) in [6, 6.07) is 18.3. The van der Waals surface area contributed by atoms with Gasteiger partial charge < -0.3 is 0 Å². The first-order valence-electron chi connectivity index (χ1n) is 7.79. The molecule has 0 atom stereocenters. The highest BCUT2D eigenvalue weighted by molar-refractivity contribution is 7.91. The Morgan fingerprint density at radius 2 is 1.60 bits per heavy atom. The Kier molecular flexibility index (Phi) is 3.82. The zero-order valence-electron chi connectivity index (χ0n) is 13.3. The number of sulfonamides is 1. The molecular formula is C19H15N3O2S. The minimum absolute atomic E-state index is 0.133. The first kappa shape index (κ1) is 15.5. The second-order valence-corrected chi connectivity index (χ2v) is 7.49. The third-order valence-electron chi connectivity index (χ3n) is 3.94. The molecule has 6 heteroatoms. The lowest BCUT2D eigenvalue weighted by atomic mass is 10.1. The van der Waals surface area contributed by atoms with E-state index in [0.29, 0.717) is 16.8 Å². The van der Waals surface area contributed by atoms with E-state index in [0.717, 1.165) is 16.3 Å². The van der Waals surface area contributed by atoms with E-state index in [-0.39, 0.29) is 5.75 Å². The summed E-state index contributed by atoms with van der Waals surface area (Å²) in [5, 5.41) is 1.81. The molecule has 0 saturated carbocycles. The van der Waals surface area contributed by atoms with Crippen molar-refractivity contribution >= 4 is 37.5 Å². The monoisotopic (exact) mass is 349 g/mol. The predicted octanol–water partition coefficient (Wildman–Crippen LogP) is 3.72. The van der Waals surface area contributed by atoms with Crippen molar-refractivity contribution in [1.29, 1.82) is 0 Å². The molecule has 0 aliphatic carbocycles. The highest BCUT2D eigenvalue weighted by Crippen LogP contribution is 2.21. The molecule has 0 radical (unpaired) electrons. The lowest BCUT2D eigenvalue weighted by Gasteiger charge is -2.10. The molecule has 0 unspecified atom stereocenters. The molecule has 1 N–H and O–H groups in total. The second kappa shape index (κ2) is 6.14. The molecule has 2 aromatic carbocycles. The molecule has 0 amide bonds. The van der Waals surface area contributed by atoms with Crippen molar-refractivity contribution in [3.8, 4) is 0 Å². The molecule has 4 aromatic rings. The Labute approximate surface area is 145 Å². The summed E-state index contributed by atoms with van der Waals surface area (Å²) in [6.45, 7) is 0. The van der Waals surface area contributed by atoms with Crippen LogP contribution < -0.4 is 4.72 Å². The number of hydrogen-bond donors (Lipinski definition) is 1. The van der Waals surface area contributed by atoms with Crippen molar-refractivity contribution in [2.24, 2.45) is 0 Å². The molecule has 0 spiro atoms. The number of nitrogens with one attached hydrogen (secondary N) is 1. The molecule has 2 heterocycles. The van der Waals surface area contributed by atoms with Gasteiger partial charge >= 0.3 is 0 Å². The number of rotatable bonds is 4. The zero-order valence-corrected chi connectivity index (χ0v) is 14.1. The molecule has 5 nitrogen and oxygen atoms in total. The van der Waals surface area contributed by atoms with Crippen LogP contribution in [0, 0.1) is 0 Å². The van der Waals surface area contributed by atoms with E-state index in [1.807, 2.05) is 36.4 Å². The fourth-order valence-corrected chi connectivity index (χ4v) is 4.04. The average Bonchev–Trinajstić information content (AvgIpc) is 2.61. The van der Waals surface area contributed by atoms with Crippen molar-refractivity contribution in [1.82, 2.24) is 9.97 Å². The van der Waals surface area contributed by atoms with Gasteiger partial charge in [0.25, 0.3) is 0 Å². The lowest BCUT2D eigenvalue weighted by molar-refractivity contribution is 0.600. The van der Waals surface area contributed by atoms with Gasteiger partial charge in [0.15, 0.2) is 0 Å². The zero-order chi connectivity index (χ0) is 17.3. The Morgan fingerprint density at radius 1 is 0.840 bits per heavy atom. The van der Waals surface area contributed by atoms with E-state index in [4.69, 9.17) is 0 Å². The van der Waals surface area contributed by atoms with Gasteiger partial charge in [-0.25, -0.2) is 8.42 Å². The fourth-order valence-electron chi connectivity index (χ4n) is 2.84. The van der Waals surface area contributed by atoms with Crippen LogP contribution in [0.15, 0.2) is 73.1 Å². The molecule has 0 saturated heterocycles. The number of aromatic nitrogens is 2. The molecule has 0 fully saturated rings. The number of hydrogen-bond acceptors (Lipinski definition) is 4. The Hall–Kier alpha value is -2.99.